The van der Waals surface area contributed by atoms with Gasteiger partial charge in [-0.15, -0.1) is 0 Å². The molecule has 0 radical (unpaired) electrons. The monoisotopic (exact) mass is 284 g/mol. The number of benzene rings is 1. The third-order valence-electron chi connectivity index (χ3n) is 2.13. The number of aromatic amines is 1. The molecule has 0 aliphatic heterocycles. The van der Waals surface area contributed by atoms with E-state index in [9.17, 15) is 0 Å². The molecule has 0 aliphatic rings. The number of hydrogen-bond acceptors (Lipinski definition) is 2. The van der Waals surface area contributed by atoms with Crippen molar-refractivity contribution in [2.75, 3.05) is 11.1 Å². The fourth-order valence-corrected chi connectivity index (χ4v) is 2.87. The fourth-order valence-electron chi connectivity index (χ4n) is 1.39. The number of halogens is 1. The van der Waals surface area contributed by atoms with Crippen LogP contribution in [0.3, 0.4) is 0 Å². The first-order valence-electron chi connectivity index (χ1n) is 4.95. The fraction of sp³-hybridized carbons (Fsp3) is 0.364. The molecular formula is C11H13BrN2S. The topological polar surface area (TPSA) is 28.7 Å². The summed E-state index contributed by atoms with van der Waals surface area (Å²) in [5.41, 5.74) is 3.46. The molecule has 2 aromatic rings. The van der Waals surface area contributed by atoms with Gasteiger partial charge in [0.05, 0.1) is 11.0 Å². The Kier molecular flexibility index (Phi) is 3.70. The second kappa shape index (κ2) is 5.03. The van der Waals surface area contributed by atoms with E-state index in [4.69, 9.17) is 0 Å². The minimum absolute atomic E-state index is 1.02. The summed E-state index contributed by atoms with van der Waals surface area (Å²) < 4.78 is 0. The first-order chi connectivity index (χ1) is 7.29. The Morgan fingerprint density at radius 1 is 1.47 bits per heavy atom. The number of nitrogens with one attached hydrogen (secondary N) is 1. The Morgan fingerprint density at radius 2 is 2.33 bits per heavy atom. The Balaban J connectivity index is 2.16. The molecule has 0 bridgehead atoms. The standard InChI is InChI=1S/C11H13BrN2S/c1-8-3-4-9-10(7-8)14-11(13-9)15-6-2-5-12/h3-4,7H,2,5-6H2,1H3,(H,13,14). The van der Waals surface area contributed by atoms with E-state index in [0.717, 1.165) is 27.3 Å². The van der Waals surface area contributed by atoms with Gasteiger partial charge in [0.2, 0.25) is 0 Å². The van der Waals surface area contributed by atoms with Gasteiger partial charge in [0.25, 0.3) is 0 Å². The molecule has 0 saturated heterocycles. The summed E-state index contributed by atoms with van der Waals surface area (Å²) in [7, 11) is 0. The number of aromatic nitrogens is 2. The molecule has 2 nitrogen and oxygen atoms in total. The average Bonchev–Trinajstić information content (AvgIpc) is 2.60. The van der Waals surface area contributed by atoms with Crippen molar-refractivity contribution in [3.05, 3.63) is 23.8 Å². The smallest absolute Gasteiger partial charge is 0.166 e. The quantitative estimate of drug-likeness (QED) is 0.526. The Morgan fingerprint density at radius 3 is 3.13 bits per heavy atom. The van der Waals surface area contributed by atoms with E-state index in [0.29, 0.717) is 0 Å². The van der Waals surface area contributed by atoms with E-state index in [1.54, 1.807) is 11.8 Å². The zero-order valence-corrected chi connectivity index (χ0v) is 11.0. The molecule has 0 saturated carbocycles. The molecule has 1 aromatic heterocycles. The van der Waals surface area contributed by atoms with E-state index >= 15 is 0 Å². The molecule has 0 unspecified atom stereocenters. The summed E-state index contributed by atoms with van der Waals surface area (Å²) >= 11 is 5.20. The highest BCUT2D eigenvalue weighted by molar-refractivity contribution is 9.09. The summed E-state index contributed by atoms with van der Waals surface area (Å²) in [6, 6.07) is 6.29. The molecule has 15 heavy (non-hydrogen) atoms. The van der Waals surface area contributed by atoms with E-state index < -0.39 is 0 Å². The van der Waals surface area contributed by atoms with Crippen molar-refractivity contribution in [3.8, 4) is 0 Å². The number of rotatable bonds is 4. The number of alkyl halides is 1. The summed E-state index contributed by atoms with van der Waals surface area (Å²) in [5, 5.41) is 2.08. The Labute approximate surface area is 102 Å². The van der Waals surface area contributed by atoms with Gasteiger partial charge >= 0.3 is 0 Å². The Hall–Kier alpha value is -0.480. The third kappa shape index (κ3) is 2.75. The maximum Gasteiger partial charge on any atom is 0.166 e. The Bertz CT molecular complexity index is 453. The van der Waals surface area contributed by atoms with Gasteiger partial charge < -0.3 is 4.98 Å². The maximum atomic E-state index is 4.52. The van der Waals surface area contributed by atoms with Crippen LogP contribution in [0.15, 0.2) is 23.4 Å². The minimum atomic E-state index is 1.02. The normalized spacial score (nSPS) is 11.1. The van der Waals surface area contributed by atoms with Crippen molar-refractivity contribution in [2.24, 2.45) is 0 Å². The van der Waals surface area contributed by atoms with Gasteiger partial charge in [0.1, 0.15) is 0 Å². The molecule has 4 heteroatoms. The van der Waals surface area contributed by atoms with Gasteiger partial charge in [0.15, 0.2) is 5.16 Å². The third-order valence-corrected chi connectivity index (χ3v) is 3.65. The van der Waals surface area contributed by atoms with Crippen LogP contribution in [0, 0.1) is 6.92 Å². The number of fused-ring (bicyclic) bond motifs is 1. The predicted octanol–water partition coefficient (Wildman–Crippen LogP) is 3.75. The molecule has 0 fully saturated rings. The van der Waals surface area contributed by atoms with Gasteiger partial charge in [-0.3, -0.25) is 0 Å². The van der Waals surface area contributed by atoms with Crippen LogP contribution >= 0.6 is 27.7 Å². The van der Waals surface area contributed by atoms with Gasteiger partial charge in [0, 0.05) is 11.1 Å². The largest absolute Gasteiger partial charge is 0.333 e. The van der Waals surface area contributed by atoms with Crippen LogP contribution in [0.4, 0.5) is 0 Å². The lowest BCUT2D eigenvalue weighted by atomic mass is 10.2. The van der Waals surface area contributed by atoms with Gasteiger partial charge in [-0.05, 0) is 31.0 Å². The number of thioether (sulfide) groups is 1. The highest BCUT2D eigenvalue weighted by Crippen LogP contribution is 2.20. The molecule has 1 heterocycles. The number of H-pyrrole nitrogens is 1. The van der Waals surface area contributed by atoms with Crippen molar-refractivity contribution in [1.82, 2.24) is 9.97 Å². The number of imidazole rings is 1. The minimum Gasteiger partial charge on any atom is -0.333 e. The summed E-state index contributed by atoms with van der Waals surface area (Å²) in [6.45, 7) is 2.10. The molecule has 1 aromatic carbocycles. The molecule has 0 spiro atoms. The zero-order valence-electron chi connectivity index (χ0n) is 8.59. The van der Waals surface area contributed by atoms with E-state index in [2.05, 4.69) is 51.0 Å². The van der Waals surface area contributed by atoms with Crippen LogP contribution < -0.4 is 0 Å². The lowest BCUT2D eigenvalue weighted by Crippen LogP contribution is -1.81. The number of hydrogen-bond donors (Lipinski definition) is 1. The van der Waals surface area contributed by atoms with Gasteiger partial charge in [-0.1, -0.05) is 33.8 Å². The zero-order chi connectivity index (χ0) is 10.7. The first-order valence-corrected chi connectivity index (χ1v) is 7.05. The second-order valence-electron chi connectivity index (χ2n) is 3.45. The molecule has 2 rings (SSSR count). The molecule has 0 atom stereocenters. The average molecular weight is 285 g/mol. The van der Waals surface area contributed by atoms with Crippen molar-refractivity contribution < 1.29 is 0 Å². The van der Waals surface area contributed by atoms with E-state index in [-0.39, 0.29) is 0 Å². The molecule has 0 amide bonds. The van der Waals surface area contributed by atoms with Crippen molar-refractivity contribution in [3.63, 3.8) is 0 Å². The lowest BCUT2D eigenvalue weighted by Gasteiger charge is -1.92. The van der Waals surface area contributed by atoms with Crippen LogP contribution in [-0.2, 0) is 0 Å². The molecule has 80 valence electrons. The van der Waals surface area contributed by atoms with Crippen molar-refractivity contribution >= 4 is 38.7 Å². The molecule has 0 aliphatic carbocycles. The predicted molar refractivity (Wildman–Crippen MR) is 70.0 cm³/mol. The number of aryl methyl sites for hydroxylation is 1. The van der Waals surface area contributed by atoms with E-state index in [1.165, 1.54) is 12.0 Å². The van der Waals surface area contributed by atoms with Gasteiger partial charge in [-0.25, -0.2) is 4.98 Å². The highest BCUT2D eigenvalue weighted by atomic mass is 79.9. The number of nitrogens with zero attached hydrogens (tertiary/aromatic N) is 1. The van der Waals surface area contributed by atoms with Crippen LogP contribution in [0.25, 0.3) is 11.0 Å². The van der Waals surface area contributed by atoms with Crippen molar-refractivity contribution in [2.45, 2.75) is 18.5 Å². The SMILES string of the molecule is Cc1ccc2nc(SCCCBr)[nH]c2c1. The summed E-state index contributed by atoms with van der Waals surface area (Å²) in [4.78, 5) is 7.85. The maximum absolute atomic E-state index is 4.52. The van der Waals surface area contributed by atoms with E-state index in [1.807, 2.05) is 0 Å². The lowest BCUT2D eigenvalue weighted by molar-refractivity contribution is 1.06. The first kappa shape index (κ1) is 11.0. The molecule has 1 N–H and O–H groups in total. The molecular weight excluding hydrogens is 272 g/mol. The summed E-state index contributed by atoms with van der Waals surface area (Å²) in [5.74, 6) is 1.10. The van der Waals surface area contributed by atoms with Crippen LogP contribution in [0.1, 0.15) is 12.0 Å². The van der Waals surface area contributed by atoms with Gasteiger partial charge in [-0.2, -0.15) is 0 Å². The highest BCUT2D eigenvalue weighted by Gasteiger charge is 2.02. The van der Waals surface area contributed by atoms with Crippen LogP contribution in [0.5, 0.6) is 0 Å². The van der Waals surface area contributed by atoms with Crippen LogP contribution in [0.2, 0.25) is 0 Å². The van der Waals surface area contributed by atoms with Crippen LogP contribution in [-0.4, -0.2) is 21.1 Å². The van der Waals surface area contributed by atoms with Crippen molar-refractivity contribution in [1.29, 1.82) is 0 Å². The second-order valence-corrected chi connectivity index (χ2v) is 5.33. The summed E-state index contributed by atoms with van der Waals surface area (Å²) in [6.07, 6.45) is 1.17.